The van der Waals surface area contributed by atoms with E-state index in [2.05, 4.69) is 4.98 Å². The quantitative estimate of drug-likeness (QED) is 0.691. The van der Waals surface area contributed by atoms with Crippen molar-refractivity contribution in [2.75, 3.05) is 12.3 Å². The maximum Gasteiger partial charge on any atom is 0.340 e. The van der Waals surface area contributed by atoms with Gasteiger partial charge in [-0.25, -0.2) is 4.79 Å². The Hall–Kier alpha value is -2.27. The summed E-state index contributed by atoms with van der Waals surface area (Å²) < 4.78 is 10.5. The number of ether oxygens (including phenoxy) is 2. The lowest BCUT2D eigenvalue weighted by Crippen LogP contribution is -2.08. The first-order valence-corrected chi connectivity index (χ1v) is 6.33. The molecule has 2 aromatic rings. The van der Waals surface area contributed by atoms with Crippen LogP contribution in [0.4, 0.5) is 5.69 Å². The number of anilines is 1. The molecular formula is C14H13ClN2O3. The molecule has 0 amide bonds. The number of nitrogen functional groups attached to an aromatic ring is 1. The monoisotopic (exact) mass is 292 g/mol. The molecular weight excluding hydrogens is 280 g/mol. The zero-order valence-electron chi connectivity index (χ0n) is 10.8. The number of rotatable bonds is 4. The van der Waals surface area contributed by atoms with Crippen LogP contribution in [0.25, 0.3) is 0 Å². The molecule has 0 radical (unpaired) electrons. The minimum atomic E-state index is -0.486. The number of carbonyl (C=O) groups is 1. The van der Waals surface area contributed by atoms with Crippen molar-refractivity contribution in [1.29, 1.82) is 0 Å². The second-order valence-electron chi connectivity index (χ2n) is 3.88. The van der Waals surface area contributed by atoms with Gasteiger partial charge in [-0.3, -0.25) is 4.98 Å². The summed E-state index contributed by atoms with van der Waals surface area (Å²) in [5, 5.41) is 0.447. The van der Waals surface area contributed by atoms with Crippen LogP contribution in [0.15, 0.2) is 36.7 Å². The molecule has 6 heteroatoms. The molecule has 2 N–H and O–H groups in total. The topological polar surface area (TPSA) is 74.4 Å². The Kier molecular flexibility index (Phi) is 4.42. The summed E-state index contributed by atoms with van der Waals surface area (Å²) in [5.41, 5.74) is 6.40. The second-order valence-corrected chi connectivity index (χ2v) is 4.32. The lowest BCUT2D eigenvalue weighted by atomic mass is 10.1. The number of esters is 1. The van der Waals surface area contributed by atoms with E-state index in [0.29, 0.717) is 16.5 Å². The molecule has 1 aromatic carbocycles. The van der Waals surface area contributed by atoms with Crippen LogP contribution in [0, 0.1) is 0 Å². The van der Waals surface area contributed by atoms with Crippen molar-refractivity contribution in [3.63, 3.8) is 0 Å². The van der Waals surface area contributed by atoms with Crippen molar-refractivity contribution < 1.29 is 14.3 Å². The summed E-state index contributed by atoms with van der Waals surface area (Å²) in [4.78, 5) is 15.6. The van der Waals surface area contributed by atoms with Crippen LogP contribution in [-0.2, 0) is 4.74 Å². The molecule has 0 aliphatic carbocycles. The molecule has 0 bridgehead atoms. The number of nitrogens with two attached hydrogens (primary N) is 1. The molecule has 0 aliphatic heterocycles. The number of aromatic nitrogens is 1. The van der Waals surface area contributed by atoms with E-state index in [-0.39, 0.29) is 17.9 Å². The van der Waals surface area contributed by atoms with Crippen LogP contribution in [0.2, 0.25) is 5.02 Å². The number of halogens is 1. The molecule has 5 nitrogen and oxygen atoms in total. The van der Waals surface area contributed by atoms with Crippen LogP contribution in [0.5, 0.6) is 11.5 Å². The van der Waals surface area contributed by atoms with Gasteiger partial charge < -0.3 is 15.2 Å². The predicted molar refractivity (Wildman–Crippen MR) is 76.1 cm³/mol. The third-order valence-corrected chi connectivity index (χ3v) is 2.68. The minimum absolute atomic E-state index is 0.214. The molecule has 104 valence electrons. The lowest BCUT2D eigenvalue weighted by molar-refractivity contribution is 0.0527. The number of nitrogens with zero attached hydrogens (tertiary/aromatic N) is 1. The Morgan fingerprint density at radius 1 is 1.40 bits per heavy atom. The van der Waals surface area contributed by atoms with E-state index in [4.69, 9.17) is 26.8 Å². The summed E-state index contributed by atoms with van der Waals surface area (Å²) >= 11 is 5.83. The third-order valence-electron chi connectivity index (χ3n) is 2.47. The van der Waals surface area contributed by atoms with E-state index in [1.807, 2.05) is 0 Å². The predicted octanol–water partition coefficient (Wildman–Crippen LogP) is 3.29. The van der Waals surface area contributed by atoms with Crippen molar-refractivity contribution in [2.45, 2.75) is 6.92 Å². The van der Waals surface area contributed by atoms with Crippen LogP contribution >= 0.6 is 11.6 Å². The molecule has 0 unspecified atom stereocenters. The maximum absolute atomic E-state index is 11.7. The lowest BCUT2D eigenvalue weighted by Gasteiger charge is -2.11. The summed E-state index contributed by atoms with van der Waals surface area (Å²) in [5.74, 6) is 0.296. The number of hydrogen-bond acceptors (Lipinski definition) is 5. The highest BCUT2D eigenvalue weighted by atomic mass is 35.5. The molecule has 1 heterocycles. The Morgan fingerprint density at radius 3 is 2.90 bits per heavy atom. The van der Waals surface area contributed by atoms with Crippen molar-refractivity contribution in [1.82, 2.24) is 4.98 Å². The first-order chi connectivity index (χ1) is 9.61. The van der Waals surface area contributed by atoms with Gasteiger partial charge in [0.05, 0.1) is 29.1 Å². The average Bonchev–Trinajstić information content (AvgIpc) is 2.41. The fraction of sp³-hybridized carbons (Fsp3) is 0.143. The number of carbonyl (C=O) groups excluding carboxylic acids is 1. The maximum atomic E-state index is 11.7. The van der Waals surface area contributed by atoms with Crippen LogP contribution < -0.4 is 10.5 Å². The first kappa shape index (κ1) is 14.1. The number of hydrogen-bond donors (Lipinski definition) is 1. The van der Waals surface area contributed by atoms with Gasteiger partial charge in [0.15, 0.2) is 5.75 Å². The Morgan fingerprint density at radius 2 is 2.20 bits per heavy atom. The normalized spacial score (nSPS) is 10.1. The Balaban J connectivity index is 2.29. The van der Waals surface area contributed by atoms with Crippen molar-refractivity contribution in [2.24, 2.45) is 0 Å². The molecule has 0 aliphatic rings. The van der Waals surface area contributed by atoms with Gasteiger partial charge in [-0.1, -0.05) is 17.7 Å². The van der Waals surface area contributed by atoms with Gasteiger partial charge in [-0.2, -0.15) is 0 Å². The van der Waals surface area contributed by atoms with Crippen molar-refractivity contribution in [3.05, 3.63) is 47.2 Å². The molecule has 20 heavy (non-hydrogen) atoms. The zero-order valence-corrected chi connectivity index (χ0v) is 11.6. The summed E-state index contributed by atoms with van der Waals surface area (Å²) in [7, 11) is 0. The average molecular weight is 293 g/mol. The van der Waals surface area contributed by atoms with E-state index in [0.717, 1.165) is 0 Å². The first-order valence-electron chi connectivity index (χ1n) is 5.96. The smallest absolute Gasteiger partial charge is 0.340 e. The van der Waals surface area contributed by atoms with Gasteiger partial charge in [-0.05, 0) is 19.1 Å². The molecule has 2 rings (SSSR count). The van der Waals surface area contributed by atoms with Crippen LogP contribution in [-0.4, -0.2) is 17.6 Å². The Labute approximate surface area is 121 Å². The number of pyridine rings is 1. The van der Waals surface area contributed by atoms with Gasteiger partial charge in [0.25, 0.3) is 0 Å². The highest BCUT2D eigenvalue weighted by molar-refractivity contribution is 6.30. The van der Waals surface area contributed by atoms with E-state index in [1.54, 1.807) is 31.2 Å². The molecule has 0 saturated carbocycles. The number of para-hydroxylation sites is 1. The fourth-order valence-electron chi connectivity index (χ4n) is 1.60. The fourth-order valence-corrected chi connectivity index (χ4v) is 1.76. The standard InChI is InChI=1S/C14H13ClN2O3/c1-2-19-14(18)11-4-3-5-12(13(11)16)20-10-6-9(15)7-17-8-10/h3-8H,2,16H2,1H3. The second kappa shape index (κ2) is 6.25. The van der Waals surface area contributed by atoms with Crippen molar-refractivity contribution >= 4 is 23.3 Å². The minimum Gasteiger partial charge on any atom is -0.462 e. The SMILES string of the molecule is CCOC(=O)c1cccc(Oc2cncc(Cl)c2)c1N. The molecule has 0 fully saturated rings. The van der Waals surface area contributed by atoms with E-state index < -0.39 is 5.97 Å². The van der Waals surface area contributed by atoms with E-state index in [1.165, 1.54) is 12.4 Å². The highest BCUT2D eigenvalue weighted by Crippen LogP contribution is 2.30. The van der Waals surface area contributed by atoms with Crippen LogP contribution in [0.1, 0.15) is 17.3 Å². The van der Waals surface area contributed by atoms with Crippen molar-refractivity contribution in [3.8, 4) is 11.5 Å². The summed E-state index contributed by atoms with van der Waals surface area (Å²) in [6.45, 7) is 2.01. The highest BCUT2D eigenvalue weighted by Gasteiger charge is 2.14. The number of benzene rings is 1. The summed E-state index contributed by atoms with van der Waals surface area (Å²) in [6, 6.07) is 6.50. The van der Waals surface area contributed by atoms with Crippen LogP contribution in [0.3, 0.4) is 0 Å². The molecule has 0 spiro atoms. The largest absolute Gasteiger partial charge is 0.462 e. The third kappa shape index (κ3) is 3.19. The zero-order chi connectivity index (χ0) is 14.5. The van der Waals surface area contributed by atoms with Gasteiger partial charge in [0.2, 0.25) is 0 Å². The van der Waals surface area contributed by atoms with Gasteiger partial charge in [0.1, 0.15) is 5.75 Å². The van der Waals surface area contributed by atoms with Gasteiger partial charge >= 0.3 is 5.97 Å². The molecule has 1 aromatic heterocycles. The van der Waals surface area contributed by atoms with E-state index >= 15 is 0 Å². The van der Waals surface area contributed by atoms with Gasteiger partial charge in [0, 0.05) is 12.3 Å². The summed E-state index contributed by atoms with van der Waals surface area (Å²) in [6.07, 6.45) is 3.00. The molecule has 0 saturated heterocycles. The van der Waals surface area contributed by atoms with E-state index in [9.17, 15) is 4.79 Å². The molecule has 0 atom stereocenters. The Bertz CT molecular complexity index is 632. The van der Waals surface area contributed by atoms with Gasteiger partial charge in [-0.15, -0.1) is 0 Å².